The molecule has 0 fully saturated rings. The lowest BCUT2D eigenvalue weighted by molar-refractivity contribution is -0.387. The molecule has 0 unspecified atom stereocenters. The van der Waals surface area contributed by atoms with E-state index in [1.54, 1.807) is 0 Å². The van der Waals surface area contributed by atoms with Gasteiger partial charge in [-0.1, -0.05) is 0 Å². The molecule has 0 amide bonds. The standard InChI is InChI=1S/C8H6BrClFNO4S2/c9-5-3-7(12(13)14)8(4-6(5)11)17-1-2-18(10,15)16/h3-4H,1-2H2. The summed E-state index contributed by atoms with van der Waals surface area (Å²) in [6.07, 6.45) is 0. The van der Waals surface area contributed by atoms with Crippen LogP contribution in [0.1, 0.15) is 0 Å². The summed E-state index contributed by atoms with van der Waals surface area (Å²) in [6, 6.07) is 2.01. The molecular formula is C8H6BrClFNO4S2. The Morgan fingerprint density at radius 3 is 2.61 bits per heavy atom. The Hall–Kier alpha value is -0.380. The van der Waals surface area contributed by atoms with Crippen molar-refractivity contribution in [2.24, 2.45) is 0 Å². The van der Waals surface area contributed by atoms with E-state index in [0.717, 1.165) is 23.9 Å². The Bertz CT molecular complexity index is 581. The van der Waals surface area contributed by atoms with E-state index in [0.29, 0.717) is 0 Å². The average molecular weight is 379 g/mol. The average Bonchev–Trinajstić information content (AvgIpc) is 2.20. The maximum Gasteiger partial charge on any atom is 0.284 e. The van der Waals surface area contributed by atoms with Gasteiger partial charge in [0.15, 0.2) is 0 Å². The van der Waals surface area contributed by atoms with Crippen LogP contribution in [-0.4, -0.2) is 24.8 Å². The topological polar surface area (TPSA) is 77.3 Å². The first kappa shape index (κ1) is 15.7. The second kappa shape index (κ2) is 6.18. The van der Waals surface area contributed by atoms with Crippen LogP contribution in [0.25, 0.3) is 0 Å². The van der Waals surface area contributed by atoms with Crippen LogP contribution in [-0.2, 0) is 9.05 Å². The Balaban J connectivity index is 2.94. The molecule has 0 spiro atoms. The summed E-state index contributed by atoms with van der Waals surface area (Å²) in [4.78, 5) is 10.1. The van der Waals surface area contributed by atoms with Crippen molar-refractivity contribution in [3.05, 3.63) is 32.5 Å². The normalized spacial score (nSPS) is 11.5. The Labute approximate surface area is 119 Å². The van der Waals surface area contributed by atoms with Crippen molar-refractivity contribution < 1.29 is 17.7 Å². The second-order valence-electron chi connectivity index (χ2n) is 3.08. The van der Waals surface area contributed by atoms with Crippen LogP contribution in [0.3, 0.4) is 0 Å². The van der Waals surface area contributed by atoms with Gasteiger partial charge in [0.05, 0.1) is 20.0 Å². The van der Waals surface area contributed by atoms with Crippen LogP contribution in [0, 0.1) is 15.9 Å². The molecule has 1 aromatic rings. The first-order valence-corrected chi connectivity index (χ1v) is 8.65. The van der Waals surface area contributed by atoms with Crippen molar-refractivity contribution in [1.82, 2.24) is 0 Å². The van der Waals surface area contributed by atoms with Crippen molar-refractivity contribution in [1.29, 1.82) is 0 Å². The molecule has 10 heteroatoms. The van der Waals surface area contributed by atoms with Gasteiger partial charge in [-0.15, -0.1) is 11.8 Å². The zero-order valence-electron chi connectivity index (χ0n) is 8.60. The van der Waals surface area contributed by atoms with Gasteiger partial charge in [0.1, 0.15) is 5.82 Å². The molecule has 18 heavy (non-hydrogen) atoms. The lowest BCUT2D eigenvalue weighted by atomic mass is 10.3. The monoisotopic (exact) mass is 377 g/mol. The Morgan fingerprint density at radius 2 is 2.11 bits per heavy atom. The number of nitrogens with zero attached hydrogens (tertiary/aromatic N) is 1. The number of nitro benzene ring substituents is 1. The zero-order chi connectivity index (χ0) is 13.9. The highest BCUT2D eigenvalue weighted by atomic mass is 79.9. The number of nitro groups is 1. The highest BCUT2D eigenvalue weighted by Crippen LogP contribution is 2.33. The minimum absolute atomic E-state index is 0.00768. The van der Waals surface area contributed by atoms with Crippen molar-refractivity contribution >= 4 is 53.1 Å². The SMILES string of the molecule is O=[N+]([O-])c1cc(Br)c(F)cc1SCCS(=O)(=O)Cl. The molecule has 0 bridgehead atoms. The van der Waals surface area contributed by atoms with Gasteiger partial charge < -0.3 is 0 Å². The van der Waals surface area contributed by atoms with Crippen LogP contribution < -0.4 is 0 Å². The van der Waals surface area contributed by atoms with Crippen LogP contribution in [0.2, 0.25) is 0 Å². The van der Waals surface area contributed by atoms with Gasteiger partial charge in [0.25, 0.3) is 5.69 Å². The van der Waals surface area contributed by atoms with Gasteiger partial charge >= 0.3 is 0 Å². The lowest BCUT2D eigenvalue weighted by Gasteiger charge is -2.03. The molecule has 1 aromatic carbocycles. The number of rotatable bonds is 5. The quantitative estimate of drug-likeness (QED) is 0.340. The molecule has 0 saturated heterocycles. The summed E-state index contributed by atoms with van der Waals surface area (Å²) in [5.74, 6) is -1.00. The Morgan fingerprint density at radius 1 is 1.50 bits per heavy atom. The van der Waals surface area contributed by atoms with Gasteiger partial charge in [0, 0.05) is 22.5 Å². The molecule has 0 aliphatic rings. The summed E-state index contributed by atoms with van der Waals surface area (Å²) in [6.45, 7) is 0. The van der Waals surface area contributed by atoms with Crippen LogP contribution in [0.15, 0.2) is 21.5 Å². The highest BCUT2D eigenvalue weighted by molar-refractivity contribution is 9.10. The van der Waals surface area contributed by atoms with E-state index in [4.69, 9.17) is 10.7 Å². The number of thioether (sulfide) groups is 1. The maximum absolute atomic E-state index is 13.3. The molecule has 1 rings (SSSR count). The molecule has 0 atom stereocenters. The van der Waals surface area contributed by atoms with Gasteiger partial charge in [-0.3, -0.25) is 10.1 Å². The van der Waals surface area contributed by atoms with E-state index in [1.807, 2.05) is 0 Å². The summed E-state index contributed by atoms with van der Waals surface area (Å²) >= 11 is 3.70. The van der Waals surface area contributed by atoms with Crippen molar-refractivity contribution in [3.8, 4) is 0 Å². The van der Waals surface area contributed by atoms with E-state index in [-0.39, 0.29) is 26.6 Å². The van der Waals surface area contributed by atoms with E-state index in [9.17, 15) is 22.9 Å². The molecular weight excluding hydrogens is 373 g/mol. The third-order valence-corrected chi connectivity index (χ3v) is 4.85. The fraction of sp³-hybridized carbons (Fsp3) is 0.250. The van der Waals surface area contributed by atoms with Gasteiger partial charge in [-0.25, -0.2) is 12.8 Å². The number of hydrogen-bond donors (Lipinski definition) is 0. The van der Waals surface area contributed by atoms with Crippen LogP contribution in [0.4, 0.5) is 10.1 Å². The highest BCUT2D eigenvalue weighted by Gasteiger charge is 2.18. The van der Waals surface area contributed by atoms with Gasteiger partial charge in [-0.05, 0) is 22.0 Å². The van der Waals surface area contributed by atoms with Crippen LogP contribution >= 0.6 is 38.4 Å². The van der Waals surface area contributed by atoms with E-state index in [2.05, 4.69) is 15.9 Å². The van der Waals surface area contributed by atoms with Crippen molar-refractivity contribution in [2.45, 2.75) is 4.90 Å². The summed E-state index contributed by atoms with van der Waals surface area (Å²) < 4.78 is 34.6. The third-order valence-electron chi connectivity index (χ3n) is 1.78. The minimum atomic E-state index is -3.67. The molecule has 0 radical (unpaired) electrons. The lowest BCUT2D eigenvalue weighted by Crippen LogP contribution is -2.00. The molecule has 0 aliphatic heterocycles. The third kappa shape index (κ3) is 4.71. The predicted molar refractivity (Wildman–Crippen MR) is 71.1 cm³/mol. The fourth-order valence-corrected chi connectivity index (χ4v) is 3.74. The smallest absolute Gasteiger partial charge is 0.258 e. The summed E-state index contributed by atoms with van der Waals surface area (Å²) in [5.41, 5.74) is -0.291. The van der Waals surface area contributed by atoms with E-state index in [1.165, 1.54) is 0 Å². The maximum atomic E-state index is 13.3. The number of hydrogen-bond acceptors (Lipinski definition) is 5. The molecule has 0 N–H and O–H groups in total. The number of halogens is 3. The van der Waals surface area contributed by atoms with Crippen LogP contribution in [0.5, 0.6) is 0 Å². The molecule has 5 nitrogen and oxygen atoms in total. The predicted octanol–water partition coefficient (Wildman–Crippen LogP) is 3.16. The first-order chi connectivity index (χ1) is 8.20. The first-order valence-electron chi connectivity index (χ1n) is 4.39. The fourth-order valence-electron chi connectivity index (χ4n) is 1.03. The number of benzene rings is 1. The molecule has 100 valence electrons. The molecule has 0 heterocycles. The minimum Gasteiger partial charge on any atom is -0.258 e. The van der Waals surface area contributed by atoms with Gasteiger partial charge in [-0.2, -0.15) is 0 Å². The molecule has 0 saturated carbocycles. The molecule has 0 aliphatic carbocycles. The van der Waals surface area contributed by atoms with E-state index >= 15 is 0 Å². The molecule has 0 aromatic heterocycles. The summed E-state index contributed by atoms with van der Waals surface area (Å²) in [7, 11) is 1.33. The van der Waals surface area contributed by atoms with Crippen molar-refractivity contribution in [3.63, 3.8) is 0 Å². The summed E-state index contributed by atoms with van der Waals surface area (Å²) in [5, 5.41) is 10.7. The van der Waals surface area contributed by atoms with Crippen molar-refractivity contribution in [2.75, 3.05) is 11.5 Å². The Kier molecular flexibility index (Phi) is 5.38. The van der Waals surface area contributed by atoms with E-state index < -0.39 is 19.8 Å². The zero-order valence-corrected chi connectivity index (χ0v) is 12.6. The second-order valence-corrected chi connectivity index (χ2v) is 7.97. The largest absolute Gasteiger partial charge is 0.284 e. The van der Waals surface area contributed by atoms with Gasteiger partial charge in [0.2, 0.25) is 9.05 Å².